The molecule has 0 fully saturated rings. The first kappa shape index (κ1) is 8.04. The van der Waals surface area contributed by atoms with E-state index in [1.54, 1.807) is 6.20 Å². The summed E-state index contributed by atoms with van der Waals surface area (Å²) in [6, 6.07) is 1.93. The molecule has 0 radical (unpaired) electrons. The Bertz CT molecular complexity index is 444. The van der Waals surface area contributed by atoms with Crippen LogP contribution in [0.4, 0.5) is 5.82 Å². The summed E-state index contributed by atoms with van der Waals surface area (Å²) in [4.78, 5) is 8.40. The maximum atomic E-state index is 5.71. The topological polar surface area (TPSA) is 56.7 Å². The Morgan fingerprint density at radius 3 is 2.92 bits per heavy atom. The molecule has 0 spiro atoms. The van der Waals surface area contributed by atoms with Crippen molar-refractivity contribution >= 4 is 16.9 Å². The lowest BCUT2D eigenvalue weighted by Crippen LogP contribution is -1.94. The van der Waals surface area contributed by atoms with Crippen molar-refractivity contribution in [1.82, 2.24) is 14.5 Å². The quantitative estimate of drug-likeness (QED) is 0.708. The van der Waals surface area contributed by atoms with Gasteiger partial charge in [-0.1, -0.05) is 6.92 Å². The van der Waals surface area contributed by atoms with Gasteiger partial charge in [-0.3, -0.25) is 0 Å². The minimum absolute atomic E-state index is 0.507. The lowest BCUT2D eigenvalue weighted by atomic mass is 10.4. The van der Waals surface area contributed by atoms with Gasteiger partial charge in [0, 0.05) is 19.7 Å². The summed E-state index contributed by atoms with van der Waals surface area (Å²) in [5.41, 5.74) is 7.56. The van der Waals surface area contributed by atoms with Crippen LogP contribution in [0.5, 0.6) is 0 Å². The Balaban J connectivity index is 2.83. The van der Waals surface area contributed by atoms with Gasteiger partial charge in [0.25, 0.3) is 0 Å². The number of hydrogen-bond donors (Lipinski definition) is 1. The summed E-state index contributed by atoms with van der Waals surface area (Å²) in [5, 5.41) is 0. The molecule has 0 aliphatic carbocycles. The monoisotopic (exact) mass is 176 g/mol. The minimum atomic E-state index is 0.507. The van der Waals surface area contributed by atoms with E-state index in [1.165, 1.54) is 0 Å². The fraction of sp³-hybridized carbons (Fsp3) is 0.333. The first-order valence-corrected chi connectivity index (χ1v) is 4.29. The van der Waals surface area contributed by atoms with Crippen LogP contribution in [-0.2, 0) is 13.5 Å². The normalized spacial score (nSPS) is 10.9. The highest BCUT2D eigenvalue weighted by Gasteiger charge is 2.07. The van der Waals surface area contributed by atoms with E-state index in [0.29, 0.717) is 5.82 Å². The first-order valence-electron chi connectivity index (χ1n) is 4.29. The number of hydrogen-bond acceptors (Lipinski definition) is 3. The molecule has 0 aliphatic rings. The summed E-state index contributed by atoms with van der Waals surface area (Å²) in [7, 11) is 1.99. The van der Waals surface area contributed by atoms with Crippen LogP contribution in [0.25, 0.3) is 11.0 Å². The van der Waals surface area contributed by atoms with Crippen LogP contribution in [0, 0.1) is 0 Å². The number of fused-ring (bicyclic) bond motifs is 1. The smallest absolute Gasteiger partial charge is 0.151 e. The maximum Gasteiger partial charge on any atom is 0.151 e. The number of imidazole rings is 1. The fourth-order valence-corrected chi connectivity index (χ4v) is 1.50. The zero-order valence-electron chi connectivity index (χ0n) is 7.78. The molecule has 0 unspecified atom stereocenters. The zero-order valence-corrected chi connectivity index (χ0v) is 7.78. The predicted molar refractivity (Wildman–Crippen MR) is 52.3 cm³/mol. The van der Waals surface area contributed by atoms with Crippen molar-refractivity contribution in [3.8, 4) is 0 Å². The molecular weight excluding hydrogens is 164 g/mol. The van der Waals surface area contributed by atoms with Crippen LogP contribution < -0.4 is 5.73 Å². The van der Waals surface area contributed by atoms with Crippen molar-refractivity contribution in [2.24, 2.45) is 7.05 Å². The molecule has 2 aromatic rings. The van der Waals surface area contributed by atoms with E-state index in [2.05, 4.69) is 16.9 Å². The van der Waals surface area contributed by atoms with E-state index in [-0.39, 0.29) is 0 Å². The van der Waals surface area contributed by atoms with Crippen LogP contribution in [0.15, 0.2) is 12.3 Å². The average molecular weight is 176 g/mol. The second-order valence-electron chi connectivity index (χ2n) is 3.00. The molecule has 2 heterocycles. The van der Waals surface area contributed by atoms with Crippen molar-refractivity contribution in [1.29, 1.82) is 0 Å². The Hall–Kier alpha value is -1.58. The summed E-state index contributed by atoms with van der Waals surface area (Å²) in [6.07, 6.45) is 2.61. The Kier molecular flexibility index (Phi) is 1.69. The Labute approximate surface area is 76.4 Å². The van der Waals surface area contributed by atoms with E-state index in [4.69, 9.17) is 5.73 Å². The number of anilines is 1. The lowest BCUT2D eigenvalue weighted by molar-refractivity contribution is 0.829. The molecule has 0 amide bonds. The lowest BCUT2D eigenvalue weighted by Gasteiger charge is -1.97. The van der Waals surface area contributed by atoms with Gasteiger partial charge in [0.2, 0.25) is 0 Å². The van der Waals surface area contributed by atoms with E-state index in [0.717, 1.165) is 23.3 Å². The van der Waals surface area contributed by atoms with Crippen molar-refractivity contribution in [3.63, 3.8) is 0 Å². The van der Waals surface area contributed by atoms with E-state index in [1.807, 2.05) is 17.7 Å². The molecule has 0 saturated heterocycles. The number of nitrogens with two attached hydrogens (primary N) is 1. The number of rotatable bonds is 1. The third kappa shape index (κ3) is 1.06. The number of pyridine rings is 1. The molecule has 68 valence electrons. The van der Waals surface area contributed by atoms with Gasteiger partial charge >= 0.3 is 0 Å². The summed E-state index contributed by atoms with van der Waals surface area (Å²) in [5.74, 6) is 1.54. The second-order valence-corrected chi connectivity index (χ2v) is 3.00. The Morgan fingerprint density at radius 2 is 2.31 bits per heavy atom. The Morgan fingerprint density at radius 1 is 1.54 bits per heavy atom. The van der Waals surface area contributed by atoms with Gasteiger partial charge in [0.15, 0.2) is 5.82 Å². The molecule has 0 aromatic carbocycles. The standard InChI is InChI=1S/C9H12N4/c1-3-7-12-8-6(13(7)2)4-5-11-9(8)10/h4-5H,3H2,1-2H3,(H2,10,11). The van der Waals surface area contributed by atoms with Gasteiger partial charge in [0.05, 0.1) is 5.52 Å². The molecule has 13 heavy (non-hydrogen) atoms. The third-order valence-electron chi connectivity index (χ3n) is 2.24. The van der Waals surface area contributed by atoms with Crippen molar-refractivity contribution in [3.05, 3.63) is 18.1 Å². The highest BCUT2D eigenvalue weighted by atomic mass is 15.1. The van der Waals surface area contributed by atoms with Gasteiger partial charge in [0.1, 0.15) is 11.3 Å². The van der Waals surface area contributed by atoms with Crippen LogP contribution in [0.2, 0.25) is 0 Å². The number of nitrogen functional groups attached to an aromatic ring is 1. The largest absolute Gasteiger partial charge is 0.382 e. The molecule has 0 bridgehead atoms. The number of aryl methyl sites for hydroxylation is 2. The third-order valence-corrected chi connectivity index (χ3v) is 2.24. The van der Waals surface area contributed by atoms with Gasteiger partial charge in [-0.15, -0.1) is 0 Å². The molecule has 4 heteroatoms. The van der Waals surface area contributed by atoms with Gasteiger partial charge < -0.3 is 10.3 Å². The molecule has 2 rings (SSSR count). The van der Waals surface area contributed by atoms with Crippen molar-refractivity contribution in [2.75, 3.05) is 5.73 Å². The summed E-state index contributed by atoms with van der Waals surface area (Å²) >= 11 is 0. The molecular formula is C9H12N4. The van der Waals surface area contributed by atoms with E-state index in [9.17, 15) is 0 Å². The molecule has 0 saturated carbocycles. The van der Waals surface area contributed by atoms with Gasteiger partial charge in [-0.05, 0) is 6.07 Å². The maximum absolute atomic E-state index is 5.71. The van der Waals surface area contributed by atoms with Gasteiger partial charge in [-0.25, -0.2) is 9.97 Å². The zero-order chi connectivity index (χ0) is 9.42. The van der Waals surface area contributed by atoms with Crippen LogP contribution in [0.1, 0.15) is 12.7 Å². The highest BCUT2D eigenvalue weighted by Crippen LogP contribution is 2.18. The van der Waals surface area contributed by atoms with Crippen molar-refractivity contribution < 1.29 is 0 Å². The predicted octanol–water partition coefficient (Wildman–Crippen LogP) is 1.11. The number of aromatic nitrogens is 3. The molecule has 2 aromatic heterocycles. The average Bonchev–Trinajstić information content (AvgIpc) is 2.45. The SMILES string of the molecule is CCc1nc2c(N)nccc2n1C. The fourth-order valence-electron chi connectivity index (χ4n) is 1.50. The summed E-state index contributed by atoms with van der Waals surface area (Å²) < 4.78 is 2.05. The van der Waals surface area contributed by atoms with Crippen LogP contribution in [0.3, 0.4) is 0 Å². The van der Waals surface area contributed by atoms with E-state index < -0.39 is 0 Å². The van der Waals surface area contributed by atoms with Crippen LogP contribution in [-0.4, -0.2) is 14.5 Å². The minimum Gasteiger partial charge on any atom is -0.382 e. The molecule has 4 nitrogen and oxygen atoms in total. The molecule has 0 atom stereocenters. The molecule has 2 N–H and O–H groups in total. The first-order chi connectivity index (χ1) is 6.24. The van der Waals surface area contributed by atoms with E-state index >= 15 is 0 Å². The summed E-state index contributed by atoms with van der Waals surface area (Å²) in [6.45, 7) is 2.07. The van der Waals surface area contributed by atoms with Crippen LogP contribution >= 0.6 is 0 Å². The van der Waals surface area contributed by atoms with Gasteiger partial charge in [-0.2, -0.15) is 0 Å². The second kappa shape index (κ2) is 2.73. The highest BCUT2D eigenvalue weighted by molar-refractivity contribution is 5.85. The molecule has 0 aliphatic heterocycles. The van der Waals surface area contributed by atoms with Crippen molar-refractivity contribution in [2.45, 2.75) is 13.3 Å². The number of nitrogens with zero attached hydrogens (tertiary/aromatic N) is 3.